The topological polar surface area (TPSA) is 35.9 Å². The summed E-state index contributed by atoms with van der Waals surface area (Å²) in [6, 6.07) is 0. The fraction of sp³-hybridized carbons (Fsp3) is 0.500. The van der Waals surface area contributed by atoms with Gasteiger partial charge in [-0.05, 0) is 18.9 Å². The number of nitrogens with one attached hydrogen (secondary N) is 2. The van der Waals surface area contributed by atoms with Gasteiger partial charge in [0.05, 0.1) is 0 Å². The van der Waals surface area contributed by atoms with Crippen LogP contribution in [0.15, 0.2) is 11.8 Å². The number of rotatable bonds is 3. The van der Waals surface area contributed by atoms with Crippen molar-refractivity contribution in [1.82, 2.24) is 4.72 Å². The van der Waals surface area contributed by atoms with Crippen LogP contribution in [0.2, 0.25) is 0 Å². The second-order valence-electron chi connectivity index (χ2n) is 1.78. The summed E-state index contributed by atoms with van der Waals surface area (Å²) < 4.78 is 2.59. The Morgan fingerprint density at radius 2 is 2.33 bits per heavy atom. The second-order valence-corrected chi connectivity index (χ2v) is 2.04. The molecule has 0 aromatic rings. The molecule has 52 valence electrons. The molecule has 0 bridgehead atoms. The molecule has 0 amide bonds. The Morgan fingerprint density at radius 1 is 1.78 bits per heavy atom. The van der Waals surface area contributed by atoms with Crippen molar-refractivity contribution in [3.05, 3.63) is 11.8 Å². The highest BCUT2D eigenvalue weighted by Crippen LogP contribution is 1.99. The molecule has 3 heteroatoms. The molecule has 0 heterocycles. The minimum absolute atomic E-state index is 0.596. The molecule has 2 N–H and O–H groups in total. The van der Waals surface area contributed by atoms with Crippen LogP contribution in [0.3, 0.4) is 0 Å². The van der Waals surface area contributed by atoms with Gasteiger partial charge in [-0.2, -0.15) is 0 Å². The second kappa shape index (κ2) is 4.44. The van der Waals surface area contributed by atoms with Gasteiger partial charge in [-0.1, -0.05) is 19.7 Å². The molecule has 0 unspecified atom stereocenters. The zero-order valence-corrected chi connectivity index (χ0v) is 6.63. The van der Waals surface area contributed by atoms with Crippen LogP contribution < -0.4 is 4.72 Å². The quantitative estimate of drug-likeness (QED) is 0.409. The molecule has 0 saturated heterocycles. The van der Waals surface area contributed by atoms with E-state index in [-0.39, 0.29) is 0 Å². The van der Waals surface area contributed by atoms with Crippen LogP contribution in [0, 0.1) is 5.41 Å². The van der Waals surface area contributed by atoms with Gasteiger partial charge >= 0.3 is 0 Å². The van der Waals surface area contributed by atoms with Gasteiger partial charge in [0, 0.05) is 11.9 Å². The van der Waals surface area contributed by atoms with Crippen LogP contribution in [0.25, 0.3) is 0 Å². The first-order chi connectivity index (χ1) is 4.22. The van der Waals surface area contributed by atoms with Crippen molar-refractivity contribution in [2.45, 2.75) is 20.3 Å². The molecule has 0 atom stereocenters. The van der Waals surface area contributed by atoms with Crippen molar-refractivity contribution in [3.8, 4) is 0 Å². The van der Waals surface area contributed by atoms with E-state index in [1.807, 2.05) is 6.92 Å². The summed E-state index contributed by atoms with van der Waals surface area (Å²) in [5, 5.41) is 7.21. The molecule has 0 aliphatic carbocycles. The molecule has 0 saturated carbocycles. The Balaban J connectivity index is 3.98. The molecule has 0 aliphatic heterocycles. The van der Waals surface area contributed by atoms with E-state index in [2.05, 4.69) is 17.5 Å². The molecule has 9 heavy (non-hydrogen) atoms. The SMILES string of the molecule is CC/C(=C/NS)C(C)=N. The van der Waals surface area contributed by atoms with Crippen LogP contribution in [-0.4, -0.2) is 5.71 Å². The molecular formula is C6H12N2S. The minimum atomic E-state index is 0.596. The molecule has 0 spiro atoms. The zero-order valence-electron chi connectivity index (χ0n) is 5.73. The Kier molecular flexibility index (Phi) is 4.22. The first-order valence-electron chi connectivity index (χ1n) is 2.86. The Hall–Kier alpha value is -0.440. The predicted molar refractivity (Wildman–Crippen MR) is 43.9 cm³/mol. The van der Waals surface area contributed by atoms with E-state index in [0.29, 0.717) is 5.71 Å². The highest BCUT2D eigenvalue weighted by atomic mass is 32.1. The zero-order chi connectivity index (χ0) is 7.28. The van der Waals surface area contributed by atoms with Crippen LogP contribution in [-0.2, 0) is 0 Å². The number of hydrogen-bond donors (Lipinski definition) is 3. The van der Waals surface area contributed by atoms with E-state index in [9.17, 15) is 0 Å². The number of thiol groups is 1. The first-order valence-corrected chi connectivity index (χ1v) is 3.31. The lowest BCUT2D eigenvalue weighted by atomic mass is 10.1. The van der Waals surface area contributed by atoms with E-state index in [1.54, 1.807) is 13.1 Å². The maximum absolute atomic E-state index is 7.21. The largest absolute Gasteiger partial charge is 0.339 e. The van der Waals surface area contributed by atoms with Crippen LogP contribution in [0.4, 0.5) is 0 Å². The van der Waals surface area contributed by atoms with E-state index in [0.717, 1.165) is 12.0 Å². The molecule has 0 rings (SSSR count). The van der Waals surface area contributed by atoms with Crippen molar-refractivity contribution in [2.24, 2.45) is 0 Å². The van der Waals surface area contributed by atoms with Gasteiger partial charge in [-0.25, -0.2) is 0 Å². The molecule has 0 aliphatic rings. The lowest BCUT2D eigenvalue weighted by molar-refractivity contribution is 1.13. The Labute approximate surface area is 61.4 Å². The summed E-state index contributed by atoms with van der Waals surface area (Å²) in [6.07, 6.45) is 2.61. The van der Waals surface area contributed by atoms with Crippen molar-refractivity contribution in [2.75, 3.05) is 0 Å². The minimum Gasteiger partial charge on any atom is -0.339 e. The average molecular weight is 144 g/mol. The smallest absolute Gasteiger partial charge is 0.0329 e. The van der Waals surface area contributed by atoms with Gasteiger partial charge in [0.2, 0.25) is 0 Å². The molecule has 0 fully saturated rings. The van der Waals surface area contributed by atoms with Gasteiger partial charge in [-0.15, -0.1) is 0 Å². The van der Waals surface area contributed by atoms with Gasteiger partial charge in [0.25, 0.3) is 0 Å². The van der Waals surface area contributed by atoms with Crippen molar-refractivity contribution < 1.29 is 0 Å². The van der Waals surface area contributed by atoms with Crippen LogP contribution in [0.1, 0.15) is 20.3 Å². The van der Waals surface area contributed by atoms with Gasteiger partial charge in [-0.3, -0.25) is 0 Å². The van der Waals surface area contributed by atoms with Crippen LogP contribution in [0.5, 0.6) is 0 Å². The third-order valence-electron chi connectivity index (χ3n) is 1.10. The third-order valence-corrected chi connectivity index (χ3v) is 1.23. The van der Waals surface area contributed by atoms with E-state index in [1.165, 1.54) is 0 Å². The molecule has 2 nitrogen and oxygen atoms in total. The molecule has 0 aromatic heterocycles. The third kappa shape index (κ3) is 3.19. The number of hydrogen-bond acceptors (Lipinski definition) is 3. The van der Waals surface area contributed by atoms with Gasteiger partial charge < -0.3 is 10.1 Å². The summed E-state index contributed by atoms with van der Waals surface area (Å²) >= 11 is 3.79. The van der Waals surface area contributed by atoms with E-state index < -0.39 is 0 Å². The lowest BCUT2D eigenvalue weighted by Crippen LogP contribution is -1.97. The van der Waals surface area contributed by atoms with Crippen molar-refractivity contribution in [1.29, 1.82) is 5.41 Å². The van der Waals surface area contributed by atoms with Gasteiger partial charge in [0.15, 0.2) is 0 Å². The molecular weight excluding hydrogens is 132 g/mol. The molecule has 0 radical (unpaired) electrons. The summed E-state index contributed by atoms with van der Waals surface area (Å²) in [4.78, 5) is 0. The maximum atomic E-state index is 7.21. The fourth-order valence-corrected chi connectivity index (χ4v) is 0.709. The van der Waals surface area contributed by atoms with Crippen molar-refractivity contribution >= 4 is 18.5 Å². The van der Waals surface area contributed by atoms with E-state index in [4.69, 9.17) is 5.41 Å². The normalized spacial score (nSPS) is 11.2. The highest BCUT2D eigenvalue weighted by Gasteiger charge is 1.93. The number of allylic oxidation sites excluding steroid dienone is 1. The summed E-state index contributed by atoms with van der Waals surface area (Å²) in [5.74, 6) is 0. The highest BCUT2D eigenvalue weighted by molar-refractivity contribution is 7.78. The first kappa shape index (κ1) is 8.56. The van der Waals surface area contributed by atoms with Crippen molar-refractivity contribution in [3.63, 3.8) is 0 Å². The predicted octanol–water partition coefficient (Wildman–Crippen LogP) is 1.75. The lowest BCUT2D eigenvalue weighted by Gasteiger charge is -1.98. The summed E-state index contributed by atoms with van der Waals surface area (Å²) in [5.41, 5.74) is 1.59. The fourth-order valence-electron chi connectivity index (χ4n) is 0.553. The summed E-state index contributed by atoms with van der Waals surface area (Å²) in [6.45, 7) is 3.77. The maximum Gasteiger partial charge on any atom is 0.0329 e. The van der Waals surface area contributed by atoms with Gasteiger partial charge in [0.1, 0.15) is 0 Å². The Morgan fingerprint density at radius 3 is 2.44 bits per heavy atom. The van der Waals surface area contributed by atoms with Crippen LogP contribution >= 0.6 is 12.8 Å². The van der Waals surface area contributed by atoms with E-state index >= 15 is 0 Å². The monoisotopic (exact) mass is 144 g/mol. The standard InChI is InChI=1S/C6H12N2S/c1-3-6(4-8-9)5(2)7/h4,7-9H,3H2,1-2H3/b6-4-,7-5?. The molecule has 0 aromatic carbocycles. The summed E-state index contributed by atoms with van der Waals surface area (Å²) in [7, 11) is 0. The average Bonchev–Trinajstić information content (AvgIpc) is 1.82. The Bertz CT molecular complexity index is 129.